The summed E-state index contributed by atoms with van der Waals surface area (Å²) in [6.45, 7) is 0. The fraction of sp³-hybridized carbons (Fsp3) is 0.105. The Hall–Kier alpha value is -2.41. The van der Waals surface area contributed by atoms with Gasteiger partial charge in [-0.15, -0.1) is 0 Å². The van der Waals surface area contributed by atoms with Gasteiger partial charge in [0, 0.05) is 12.1 Å². The third kappa shape index (κ3) is 1.75. The number of benzene rings is 2. The first-order valence-corrected chi connectivity index (χ1v) is 7.00. The van der Waals surface area contributed by atoms with Gasteiger partial charge in [-0.3, -0.25) is 4.99 Å². The summed E-state index contributed by atoms with van der Waals surface area (Å²) in [5, 5.41) is 2.61. The zero-order valence-electron chi connectivity index (χ0n) is 11.1. The van der Waals surface area contributed by atoms with Crippen molar-refractivity contribution < 1.29 is 0 Å². The summed E-state index contributed by atoms with van der Waals surface area (Å²) < 4.78 is 0. The highest BCUT2D eigenvalue weighted by Crippen LogP contribution is 2.36. The molecule has 1 heteroatoms. The van der Waals surface area contributed by atoms with Gasteiger partial charge in [0.05, 0.1) is 6.04 Å². The van der Waals surface area contributed by atoms with E-state index in [1.165, 1.54) is 21.9 Å². The largest absolute Gasteiger partial charge is 0.285 e. The van der Waals surface area contributed by atoms with Crippen molar-refractivity contribution in [2.45, 2.75) is 6.04 Å². The van der Waals surface area contributed by atoms with Gasteiger partial charge in [0.1, 0.15) is 0 Å². The van der Waals surface area contributed by atoms with Crippen molar-refractivity contribution in [3.63, 3.8) is 0 Å². The molecule has 96 valence electrons. The van der Waals surface area contributed by atoms with E-state index in [0.29, 0.717) is 5.92 Å². The van der Waals surface area contributed by atoms with Crippen LogP contribution in [0.4, 0.5) is 0 Å². The number of dihydropyridines is 1. The van der Waals surface area contributed by atoms with Gasteiger partial charge >= 0.3 is 0 Å². The van der Waals surface area contributed by atoms with Gasteiger partial charge in [0.25, 0.3) is 0 Å². The molecule has 0 fully saturated rings. The molecular formula is C19H15N. The second-order valence-electron chi connectivity index (χ2n) is 5.23. The Morgan fingerprint density at radius 1 is 0.850 bits per heavy atom. The van der Waals surface area contributed by atoms with E-state index in [2.05, 4.69) is 77.8 Å². The Morgan fingerprint density at radius 2 is 1.70 bits per heavy atom. The number of hydrogen-bond donors (Lipinski definition) is 0. The SMILES string of the molecule is C1=CC2N=CC=C(c3cccc4ccccc34)C2C=C1. The van der Waals surface area contributed by atoms with Crippen LogP contribution in [0.3, 0.4) is 0 Å². The molecular weight excluding hydrogens is 242 g/mol. The Balaban J connectivity index is 1.91. The van der Waals surface area contributed by atoms with Crippen LogP contribution in [0.1, 0.15) is 5.56 Å². The molecule has 0 amide bonds. The molecule has 2 unspecified atom stereocenters. The number of aliphatic imine (C=N–C) groups is 1. The minimum absolute atomic E-state index is 0.249. The van der Waals surface area contributed by atoms with Gasteiger partial charge in [0.15, 0.2) is 0 Å². The van der Waals surface area contributed by atoms with E-state index in [1.54, 1.807) is 0 Å². The van der Waals surface area contributed by atoms with E-state index in [9.17, 15) is 0 Å². The summed E-state index contributed by atoms with van der Waals surface area (Å²) in [6.07, 6.45) is 12.8. The quantitative estimate of drug-likeness (QED) is 0.717. The summed E-state index contributed by atoms with van der Waals surface area (Å²) >= 11 is 0. The predicted octanol–water partition coefficient (Wildman–Crippen LogP) is 4.42. The van der Waals surface area contributed by atoms with E-state index in [4.69, 9.17) is 0 Å². The van der Waals surface area contributed by atoms with Gasteiger partial charge in [-0.1, -0.05) is 66.8 Å². The highest BCUT2D eigenvalue weighted by molar-refractivity contribution is 5.99. The number of allylic oxidation sites excluding steroid dienone is 3. The van der Waals surface area contributed by atoms with Crippen LogP contribution in [-0.2, 0) is 0 Å². The van der Waals surface area contributed by atoms with E-state index in [1.807, 2.05) is 6.21 Å². The summed E-state index contributed by atoms with van der Waals surface area (Å²) in [5.74, 6) is 0.357. The molecule has 0 bridgehead atoms. The fourth-order valence-electron chi connectivity index (χ4n) is 3.11. The van der Waals surface area contributed by atoms with Crippen LogP contribution in [0.25, 0.3) is 16.3 Å². The van der Waals surface area contributed by atoms with Crippen LogP contribution in [-0.4, -0.2) is 12.3 Å². The van der Waals surface area contributed by atoms with E-state index in [0.717, 1.165) is 0 Å². The maximum Gasteiger partial charge on any atom is 0.0786 e. The topological polar surface area (TPSA) is 12.4 Å². The molecule has 1 aliphatic carbocycles. The lowest BCUT2D eigenvalue weighted by Crippen LogP contribution is -2.21. The second-order valence-corrected chi connectivity index (χ2v) is 5.23. The van der Waals surface area contributed by atoms with Crippen molar-refractivity contribution in [1.29, 1.82) is 0 Å². The molecule has 1 nitrogen and oxygen atoms in total. The molecule has 0 spiro atoms. The van der Waals surface area contributed by atoms with Crippen LogP contribution in [0, 0.1) is 5.92 Å². The number of fused-ring (bicyclic) bond motifs is 2. The van der Waals surface area contributed by atoms with Crippen LogP contribution in [0.15, 0.2) is 77.8 Å². The maximum absolute atomic E-state index is 4.57. The maximum atomic E-state index is 4.57. The van der Waals surface area contributed by atoms with Crippen molar-refractivity contribution >= 4 is 22.6 Å². The van der Waals surface area contributed by atoms with E-state index in [-0.39, 0.29) is 6.04 Å². The Kier molecular flexibility index (Phi) is 2.63. The lowest BCUT2D eigenvalue weighted by molar-refractivity contribution is 0.700. The predicted molar refractivity (Wildman–Crippen MR) is 86.0 cm³/mol. The van der Waals surface area contributed by atoms with E-state index >= 15 is 0 Å². The van der Waals surface area contributed by atoms with Crippen molar-refractivity contribution in [1.82, 2.24) is 0 Å². The summed E-state index contributed by atoms with van der Waals surface area (Å²) in [5.41, 5.74) is 2.69. The van der Waals surface area contributed by atoms with Crippen LogP contribution in [0.2, 0.25) is 0 Å². The summed E-state index contributed by atoms with van der Waals surface area (Å²) in [6, 6.07) is 15.4. The van der Waals surface area contributed by atoms with E-state index < -0.39 is 0 Å². The first kappa shape index (κ1) is 11.4. The second kappa shape index (κ2) is 4.61. The van der Waals surface area contributed by atoms with Crippen molar-refractivity contribution in [3.05, 3.63) is 78.4 Å². The number of rotatable bonds is 1. The highest BCUT2D eigenvalue weighted by atomic mass is 14.8. The molecule has 0 saturated carbocycles. The van der Waals surface area contributed by atoms with Gasteiger partial charge < -0.3 is 0 Å². The molecule has 2 aromatic rings. The summed E-state index contributed by atoms with van der Waals surface area (Å²) in [7, 11) is 0. The average molecular weight is 257 g/mol. The molecule has 2 aliphatic rings. The minimum Gasteiger partial charge on any atom is -0.285 e. The van der Waals surface area contributed by atoms with Gasteiger partial charge in [-0.2, -0.15) is 0 Å². The van der Waals surface area contributed by atoms with Crippen LogP contribution in [0.5, 0.6) is 0 Å². The van der Waals surface area contributed by atoms with Gasteiger partial charge in [0.2, 0.25) is 0 Å². The first-order valence-electron chi connectivity index (χ1n) is 7.00. The number of nitrogens with zero attached hydrogens (tertiary/aromatic N) is 1. The normalized spacial score (nSPS) is 23.7. The molecule has 4 rings (SSSR count). The summed E-state index contributed by atoms with van der Waals surface area (Å²) in [4.78, 5) is 4.57. The molecule has 0 saturated heterocycles. The zero-order valence-corrected chi connectivity index (χ0v) is 11.1. The number of hydrogen-bond acceptors (Lipinski definition) is 1. The molecule has 0 aromatic heterocycles. The van der Waals surface area contributed by atoms with Crippen molar-refractivity contribution in [2.24, 2.45) is 10.9 Å². The first-order chi connectivity index (χ1) is 9.93. The van der Waals surface area contributed by atoms with Gasteiger partial charge in [-0.05, 0) is 28.0 Å². The monoisotopic (exact) mass is 257 g/mol. The van der Waals surface area contributed by atoms with Crippen LogP contribution < -0.4 is 0 Å². The average Bonchev–Trinajstić information content (AvgIpc) is 2.54. The lowest BCUT2D eigenvalue weighted by atomic mass is 9.81. The molecule has 1 heterocycles. The van der Waals surface area contributed by atoms with Gasteiger partial charge in [-0.25, -0.2) is 0 Å². The minimum atomic E-state index is 0.249. The molecule has 1 aliphatic heterocycles. The molecule has 0 N–H and O–H groups in total. The Morgan fingerprint density at radius 3 is 2.70 bits per heavy atom. The standard InChI is InChI=1S/C19H15N/c1-2-8-15-14(6-1)7-5-10-16(15)17-12-13-20-19-11-4-3-9-18(17)19/h1-13,18-19H. The highest BCUT2D eigenvalue weighted by Gasteiger charge is 2.25. The fourth-order valence-corrected chi connectivity index (χ4v) is 3.11. The van der Waals surface area contributed by atoms with Crippen molar-refractivity contribution in [2.75, 3.05) is 0 Å². The van der Waals surface area contributed by atoms with Crippen molar-refractivity contribution in [3.8, 4) is 0 Å². The zero-order chi connectivity index (χ0) is 13.4. The third-order valence-electron chi connectivity index (χ3n) is 4.08. The molecule has 0 radical (unpaired) electrons. The molecule has 2 aromatic carbocycles. The smallest absolute Gasteiger partial charge is 0.0786 e. The van der Waals surface area contributed by atoms with Crippen LogP contribution >= 0.6 is 0 Å². The Bertz CT molecular complexity index is 772. The lowest BCUT2D eigenvalue weighted by Gasteiger charge is -2.27. The molecule has 2 atom stereocenters. The third-order valence-corrected chi connectivity index (χ3v) is 4.08. The molecule has 20 heavy (non-hydrogen) atoms. The Labute approximate surface area is 118 Å².